The molecule has 0 aromatic carbocycles. The molecule has 0 N–H and O–H groups in total. The van der Waals surface area contributed by atoms with Crippen LogP contribution >= 0.6 is 15.9 Å². The van der Waals surface area contributed by atoms with Crippen LogP contribution in [-0.4, -0.2) is 36.1 Å². The van der Waals surface area contributed by atoms with E-state index in [0.717, 1.165) is 17.6 Å². The third-order valence-electron chi connectivity index (χ3n) is 2.82. The van der Waals surface area contributed by atoms with Gasteiger partial charge in [-0.15, -0.1) is 0 Å². The van der Waals surface area contributed by atoms with Crippen LogP contribution in [0.5, 0.6) is 5.88 Å². The van der Waals surface area contributed by atoms with Gasteiger partial charge in [0.25, 0.3) is 0 Å². The second kappa shape index (κ2) is 6.21. The van der Waals surface area contributed by atoms with Crippen LogP contribution in [0.1, 0.15) is 19.3 Å². The molecule has 0 atom stereocenters. The number of nitrogens with zero attached hydrogens (tertiary/aromatic N) is 2. The molecule has 1 fully saturated rings. The molecule has 2 heterocycles. The van der Waals surface area contributed by atoms with Crippen molar-refractivity contribution in [3.8, 4) is 5.88 Å². The number of hydrogen-bond donors (Lipinski definition) is 0. The van der Waals surface area contributed by atoms with Crippen LogP contribution < -0.4 is 4.74 Å². The van der Waals surface area contributed by atoms with E-state index in [4.69, 9.17) is 4.74 Å². The zero-order valence-electron chi connectivity index (χ0n) is 9.36. The molecule has 0 unspecified atom stereocenters. The van der Waals surface area contributed by atoms with Gasteiger partial charge in [0.2, 0.25) is 5.88 Å². The predicted octanol–water partition coefficient (Wildman–Crippen LogP) is 2.71. The van der Waals surface area contributed by atoms with E-state index in [1.54, 1.807) is 6.20 Å². The number of aromatic nitrogens is 1. The van der Waals surface area contributed by atoms with Gasteiger partial charge in [-0.3, -0.25) is 4.90 Å². The van der Waals surface area contributed by atoms with Crippen molar-refractivity contribution in [1.82, 2.24) is 9.88 Å². The third kappa shape index (κ3) is 3.46. The van der Waals surface area contributed by atoms with Gasteiger partial charge in [-0.2, -0.15) is 0 Å². The molecule has 1 saturated heterocycles. The highest BCUT2D eigenvalue weighted by atomic mass is 79.9. The number of piperidine rings is 1. The molecule has 0 amide bonds. The summed E-state index contributed by atoms with van der Waals surface area (Å²) in [6.45, 7) is 4.15. The number of pyridine rings is 1. The van der Waals surface area contributed by atoms with Gasteiger partial charge in [0.15, 0.2) is 0 Å². The van der Waals surface area contributed by atoms with Crippen LogP contribution in [0.4, 0.5) is 0 Å². The first-order chi connectivity index (χ1) is 7.86. The zero-order valence-corrected chi connectivity index (χ0v) is 10.9. The minimum atomic E-state index is 0.694. The van der Waals surface area contributed by atoms with Gasteiger partial charge in [0.05, 0.1) is 4.47 Å². The molecule has 1 aromatic heterocycles. The maximum atomic E-state index is 5.64. The molecule has 0 bridgehead atoms. The zero-order chi connectivity index (χ0) is 11.2. The van der Waals surface area contributed by atoms with Crippen molar-refractivity contribution in [3.63, 3.8) is 0 Å². The van der Waals surface area contributed by atoms with E-state index < -0.39 is 0 Å². The van der Waals surface area contributed by atoms with Gasteiger partial charge < -0.3 is 4.74 Å². The SMILES string of the molecule is Brc1cccnc1OCCN1CCCCC1. The summed E-state index contributed by atoms with van der Waals surface area (Å²) in [5.74, 6) is 0.694. The topological polar surface area (TPSA) is 25.4 Å². The summed E-state index contributed by atoms with van der Waals surface area (Å²) in [4.78, 5) is 6.63. The molecule has 4 heteroatoms. The highest BCUT2D eigenvalue weighted by Crippen LogP contribution is 2.20. The Morgan fingerprint density at radius 2 is 2.12 bits per heavy atom. The van der Waals surface area contributed by atoms with Crippen LogP contribution in [-0.2, 0) is 0 Å². The Morgan fingerprint density at radius 3 is 2.88 bits per heavy atom. The van der Waals surface area contributed by atoms with Gasteiger partial charge in [-0.1, -0.05) is 6.42 Å². The molecule has 1 aliphatic heterocycles. The maximum absolute atomic E-state index is 5.64. The van der Waals surface area contributed by atoms with Crippen molar-refractivity contribution in [2.45, 2.75) is 19.3 Å². The van der Waals surface area contributed by atoms with Crippen LogP contribution in [0, 0.1) is 0 Å². The highest BCUT2D eigenvalue weighted by molar-refractivity contribution is 9.10. The number of halogens is 1. The smallest absolute Gasteiger partial charge is 0.227 e. The Balaban J connectivity index is 1.73. The summed E-state index contributed by atoms with van der Waals surface area (Å²) in [6.07, 6.45) is 5.78. The van der Waals surface area contributed by atoms with Crippen molar-refractivity contribution in [3.05, 3.63) is 22.8 Å². The average molecular weight is 285 g/mol. The Labute approximate surface area is 105 Å². The minimum Gasteiger partial charge on any atom is -0.476 e. The maximum Gasteiger partial charge on any atom is 0.227 e. The number of rotatable bonds is 4. The molecule has 3 nitrogen and oxygen atoms in total. The Bertz CT molecular complexity index is 327. The lowest BCUT2D eigenvalue weighted by atomic mass is 10.1. The number of ether oxygens (including phenoxy) is 1. The van der Waals surface area contributed by atoms with Crippen molar-refractivity contribution < 1.29 is 4.74 Å². The monoisotopic (exact) mass is 284 g/mol. The van der Waals surface area contributed by atoms with Crippen LogP contribution in [0.2, 0.25) is 0 Å². The first kappa shape index (κ1) is 11.9. The molecule has 88 valence electrons. The van der Waals surface area contributed by atoms with Crippen molar-refractivity contribution in [2.24, 2.45) is 0 Å². The first-order valence-electron chi connectivity index (χ1n) is 5.82. The van der Waals surface area contributed by atoms with E-state index in [2.05, 4.69) is 25.8 Å². The van der Waals surface area contributed by atoms with Gasteiger partial charge in [-0.25, -0.2) is 4.98 Å². The average Bonchev–Trinajstić information content (AvgIpc) is 2.33. The van der Waals surface area contributed by atoms with E-state index in [9.17, 15) is 0 Å². The molecule has 1 aliphatic rings. The van der Waals surface area contributed by atoms with Crippen molar-refractivity contribution in [2.75, 3.05) is 26.2 Å². The largest absolute Gasteiger partial charge is 0.476 e. The fraction of sp³-hybridized carbons (Fsp3) is 0.583. The fourth-order valence-electron chi connectivity index (χ4n) is 1.93. The third-order valence-corrected chi connectivity index (χ3v) is 3.42. The molecular weight excluding hydrogens is 268 g/mol. The van der Waals surface area contributed by atoms with Crippen LogP contribution in [0.3, 0.4) is 0 Å². The molecule has 0 radical (unpaired) electrons. The van der Waals surface area contributed by atoms with Crippen LogP contribution in [0.15, 0.2) is 22.8 Å². The van der Waals surface area contributed by atoms with Crippen molar-refractivity contribution >= 4 is 15.9 Å². The summed E-state index contributed by atoms with van der Waals surface area (Å²) in [5, 5.41) is 0. The molecular formula is C12H17BrN2O. The second-order valence-electron chi connectivity index (χ2n) is 4.04. The second-order valence-corrected chi connectivity index (χ2v) is 4.90. The van der Waals surface area contributed by atoms with Gasteiger partial charge >= 0.3 is 0 Å². The fourth-order valence-corrected chi connectivity index (χ4v) is 2.30. The molecule has 0 spiro atoms. The van der Waals surface area contributed by atoms with E-state index in [1.165, 1.54) is 32.4 Å². The molecule has 1 aromatic rings. The quantitative estimate of drug-likeness (QED) is 0.850. The normalized spacial score (nSPS) is 17.3. The van der Waals surface area contributed by atoms with Crippen LogP contribution in [0.25, 0.3) is 0 Å². The van der Waals surface area contributed by atoms with Gasteiger partial charge in [0.1, 0.15) is 6.61 Å². The summed E-state index contributed by atoms with van der Waals surface area (Å²) < 4.78 is 6.56. The Kier molecular flexibility index (Phi) is 4.60. The lowest BCUT2D eigenvalue weighted by Gasteiger charge is -2.26. The molecule has 0 saturated carbocycles. The molecule has 0 aliphatic carbocycles. The first-order valence-corrected chi connectivity index (χ1v) is 6.61. The molecule has 16 heavy (non-hydrogen) atoms. The van der Waals surface area contributed by atoms with Crippen molar-refractivity contribution in [1.29, 1.82) is 0 Å². The van der Waals surface area contributed by atoms with E-state index >= 15 is 0 Å². The summed E-state index contributed by atoms with van der Waals surface area (Å²) in [6, 6.07) is 3.84. The summed E-state index contributed by atoms with van der Waals surface area (Å²) in [5.41, 5.74) is 0. The number of hydrogen-bond acceptors (Lipinski definition) is 3. The van der Waals surface area contributed by atoms with E-state index in [0.29, 0.717) is 5.88 Å². The standard InChI is InChI=1S/C12H17BrN2O/c13-11-5-4-6-14-12(11)16-10-9-15-7-2-1-3-8-15/h4-6H,1-3,7-10H2. The van der Waals surface area contributed by atoms with Gasteiger partial charge in [0, 0.05) is 12.7 Å². The van der Waals surface area contributed by atoms with Gasteiger partial charge in [-0.05, 0) is 54.0 Å². The predicted molar refractivity (Wildman–Crippen MR) is 67.7 cm³/mol. The number of likely N-dealkylation sites (tertiary alicyclic amines) is 1. The lowest BCUT2D eigenvalue weighted by Crippen LogP contribution is -2.33. The molecule has 2 rings (SSSR count). The Morgan fingerprint density at radius 1 is 1.31 bits per heavy atom. The van der Waals surface area contributed by atoms with E-state index in [-0.39, 0.29) is 0 Å². The summed E-state index contributed by atoms with van der Waals surface area (Å²) in [7, 11) is 0. The highest BCUT2D eigenvalue weighted by Gasteiger charge is 2.10. The summed E-state index contributed by atoms with van der Waals surface area (Å²) >= 11 is 3.42. The Hall–Kier alpha value is -0.610. The van der Waals surface area contributed by atoms with E-state index in [1.807, 2.05) is 12.1 Å². The minimum absolute atomic E-state index is 0.694. The lowest BCUT2D eigenvalue weighted by molar-refractivity contribution is 0.180.